The molecule has 0 radical (unpaired) electrons. The van der Waals surface area contributed by atoms with E-state index in [1.165, 1.54) is 11.3 Å². The van der Waals surface area contributed by atoms with Crippen molar-refractivity contribution in [3.63, 3.8) is 0 Å². The first-order valence-corrected chi connectivity index (χ1v) is 9.02. The van der Waals surface area contributed by atoms with Crippen LogP contribution in [0, 0.1) is 5.92 Å². The van der Waals surface area contributed by atoms with Gasteiger partial charge in [0, 0.05) is 25.0 Å². The Morgan fingerprint density at radius 2 is 2.00 bits per heavy atom. The summed E-state index contributed by atoms with van der Waals surface area (Å²) in [5.74, 6) is 1.54. The van der Waals surface area contributed by atoms with Gasteiger partial charge in [-0.15, -0.1) is 0 Å². The summed E-state index contributed by atoms with van der Waals surface area (Å²) in [4.78, 5) is 7.79. The second-order valence-electron chi connectivity index (χ2n) is 6.62. The van der Waals surface area contributed by atoms with E-state index in [0.29, 0.717) is 5.92 Å². The van der Waals surface area contributed by atoms with Gasteiger partial charge >= 0.3 is 0 Å². The van der Waals surface area contributed by atoms with Crippen molar-refractivity contribution in [3.8, 4) is 0 Å². The smallest absolute Gasteiger partial charge is 0.162 e. The average molecular weight is 336 g/mol. The maximum Gasteiger partial charge on any atom is 0.162 e. The van der Waals surface area contributed by atoms with Gasteiger partial charge in [0.15, 0.2) is 5.17 Å². The first kappa shape index (κ1) is 17.3. The van der Waals surface area contributed by atoms with Gasteiger partial charge in [-0.1, -0.05) is 56.0 Å². The highest BCUT2D eigenvalue weighted by Gasteiger charge is 2.30. The predicted octanol–water partition coefficient (Wildman–Crippen LogP) is 4.08. The Kier molecular flexibility index (Phi) is 5.50. The van der Waals surface area contributed by atoms with Crippen molar-refractivity contribution in [1.82, 2.24) is 5.32 Å². The molecule has 0 atom stereocenters. The Morgan fingerprint density at radius 3 is 2.59 bits per heavy atom. The first-order chi connectivity index (χ1) is 10.3. The second-order valence-corrected chi connectivity index (χ2v) is 7.99. The van der Waals surface area contributed by atoms with E-state index in [9.17, 15) is 0 Å². The minimum absolute atomic E-state index is 0.272. The number of nitrogens with zero attached hydrogens (tertiary/aromatic N) is 2. The Morgan fingerprint density at radius 1 is 1.32 bits per heavy atom. The maximum atomic E-state index is 5.33. The second kappa shape index (κ2) is 7.01. The Bertz CT molecular complexity index is 579. The number of thiocarbonyl (C=S) groups is 1. The van der Waals surface area contributed by atoms with Crippen LogP contribution in [0.3, 0.4) is 0 Å². The summed E-state index contributed by atoms with van der Waals surface area (Å²) in [6.45, 7) is 9.63. The third-order valence-corrected chi connectivity index (χ3v) is 5.09. The normalized spacial score (nSPS) is 16.6. The lowest BCUT2D eigenvalue weighted by Gasteiger charge is -2.24. The molecule has 0 fully saturated rings. The van der Waals surface area contributed by atoms with Crippen molar-refractivity contribution in [1.29, 1.82) is 0 Å². The van der Waals surface area contributed by atoms with Gasteiger partial charge in [-0.3, -0.25) is 0 Å². The number of para-hydroxylation sites is 1. The number of aliphatic imine (C=N–C) groups is 1. The number of benzene rings is 1. The molecule has 22 heavy (non-hydrogen) atoms. The molecule has 0 aromatic heterocycles. The number of nitrogens with one attached hydrogen (secondary N) is 1. The monoisotopic (exact) mass is 335 g/mol. The summed E-state index contributed by atoms with van der Waals surface area (Å²) in [5.41, 5.74) is 2.35. The Hall–Kier alpha value is -1.07. The summed E-state index contributed by atoms with van der Waals surface area (Å²) in [6, 6.07) is 8.58. The average Bonchev–Trinajstić information content (AvgIpc) is 2.69. The zero-order valence-corrected chi connectivity index (χ0v) is 15.6. The lowest BCUT2D eigenvalue weighted by atomic mass is 10.1. The van der Waals surface area contributed by atoms with Crippen molar-refractivity contribution in [2.75, 3.05) is 18.5 Å². The molecule has 1 N–H and O–H groups in total. The van der Waals surface area contributed by atoms with E-state index in [2.05, 4.69) is 60.4 Å². The van der Waals surface area contributed by atoms with Crippen LogP contribution in [0.4, 0.5) is 5.69 Å². The van der Waals surface area contributed by atoms with E-state index in [1.54, 1.807) is 11.8 Å². The molecule has 0 spiro atoms. The van der Waals surface area contributed by atoms with Crippen molar-refractivity contribution < 1.29 is 0 Å². The molecule has 5 heteroatoms. The number of hydrogen-bond donors (Lipinski definition) is 1. The molecule has 1 aliphatic rings. The number of amidine groups is 1. The summed E-state index contributed by atoms with van der Waals surface area (Å²) in [6.07, 6.45) is 0. The van der Waals surface area contributed by atoms with E-state index >= 15 is 0 Å². The lowest BCUT2D eigenvalue weighted by molar-refractivity contribution is 0.637. The minimum atomic E-state index is -0.272. The third-order valence-electron chi connectivity index (χ3n) is 3.56. The fourth-order valence-corrected chi connectivity index (χ4v) is 3.66. The molecule has 120 valence electrons. The maximum absolute atomic E-state index is 5.33. The van der Waals surface area contributed by atoms with Crippen LogP contribution in [-0.2, 0) is 5.75 Å². The summed E-state index contributed by atoms with van der Waals surface area (Å²) in [7, 11) is 2.16. The Balaban J connectivity index is 2.06. The predicted molar refractivity (Wildman–Crippen MR) is 103 cm³/mol. The highest BCUT2D eigenvalue weighted by molar-refractivity contribution is 8.13. The van der Waals surface area contributed by atoms with Crippen LogP contribution in [0.25, 0.3) is 0 Å². The molecule has 1 aromatic carbocycles. The molecule has 0 bridgehead atoms. The minimum Gasteiger partial charge on any atom is -0.374 e. The molecule has 3 nitrogen and oxygen atoms in total. The zero-order chi connectivity index (χ0) is 16.3. The number of thioether (sulfide) groups is 1. The van der Waals surface area contributed by atoms with Gasteiger partial charge in [-0.25, -0.2) is 4.99 Å². The number of rotatable bonds is 5. The van der Waals surface area contributed by atoms with E-state index in [0.717, 1.165) is 22.5 Å². The van der Waals surface area contributed by atoms with Gasteiger partial charge in [-0.2, -0.15) is 0 Å². The largest absolute Gasteiger partial charge is 0.374 e. The van der Waals surface area contributed by atoms with Crippen molar-refractivity contribution >= 4 is 39.8 Å². The van der Waals surface area contributed by atoms with Crippen LogP contribution in [0.1, 0.15) is 33.3 Å². The molecule has 1 heterocycles. The molecular weight excluding hydrogens is 310 g/mol. The Labute approximate surface area is 143 Å². The van der Waals surface area contributed by atoms with E-state index in [4.69, 9.17) is 12.2 Å². The van der Waals surface area contributed by atoms with Gasteiger partial charge in [0.1, 0.15) is 10.5 Å². The van der Waals surface area contributed by atoms with Crippen LogP contribution < -0.4 is 10.2 Å². The molecule has 0 saturated heterocycles. The molecule has 1 aromatic rings. The van der Waals surface area contributed by atoms with Crippen LogP contribution in [0.2, 0.25) is 0 Å². The molecule has 0 amide bonds. The first-order valence-electron chi connectivity index (χ1n) is 7.63. The lowest BCUT2D eigenvalue weighted by Crippen LogP contribution is -2.32. The topological polar surface area (TPSA) is 27.6 Å². The van der Waals surface area contributed by atoms with Crippen LogP contribution in [0.5, 0.6) is 0 Å². The third kappa shape index (κ3) is 4.23. The van der Waals surface area contributed by atoms with E-state index in [-0.39, 0.29) is 5.54 Å². The molecule has 0 aliphatic carbocycles. The van der Waals surface area contributed by atoms with Crippen molar-refractivity contribution in [2.24, 2.45) is 10.9 Å². The van der Waals surface area contributed by atoms with Crippen LogP contribution in [0.15, 0.2) is 29.3 Å². The van der Waals surface area contributed by atoms with E-state index < -0.39 is 0 Å². The molecule has 0 unspecified atom stereocenters. The highest BCUT2D eigenvalue weighted by Crippen LogP contribution is 2.27. The van der Waals surface area contributed by atoms with E-state index in [1.807, 2.05) is 13.8 Å². The zero-order valence-electron chi connectivity index (χ0n) is 14.0. The number of anilines is 1. The molecular formula is C17H25N3S2. The standard InChI is InChI=1S/C17H25N3S2/c1-12(2)10-20(5)14-9-7-6-8-13(14)11-22-16-18-15(21)17(3,4)19-16/h6-9,12H,10-11H2,1-5H3,(H,18,19,21). The van der Waals surface area contributed by atoms with Gasteiger partial charge in [-0.05, 0) is 31.4 Å². The molecule has 0 saturated carbocycles. The van der Waals surface area contributed by atoms with Crippen LogP contribution >= 0.6 is 24.0 Å². The van der Waals surface area contributed by atoms with Crippen LogP contribution in [-0.4, -0.2) is 29.3 Å². The van der Waals surface area contributed by atoms with Gasteiger partial charge < -0.3 is 10.2 Å². The molecule has 1 aliphatic heterocycles. The quantitative estimate of drug-likeness (QED) is 0.821. The van der Waals surface area contributed by atoms with Crippen molar-refractivity contribution in [3.05, 3.63) is 29.8 Å². The SMILES string of the molecule is CC(C)CN(C)c1ccccc1CSC1=NC(C)(C)C(=S)N1. The summed E-state index contributed by atoms with van der Waals surface area (Å²) >= 11 is 7.05. The summed E-state index contributed by atoms with van der Waals surface area (Å²) in [5, 5.41) is 4.15. The fourth-order valence-electron chi connectivity index (χ4n) is 2.45. The van der Waals surface area contributed by atoms with Gasteiger partial charge in [0.2, 0.25) is 0 Å². The van der Waals surface area contributed by atoms with Gasteiger partial charge in [0.25, 0.3) is 0 Å². The fraction of sp³-hybridized carbons (Fsp3) is 0.529. The number of hydrogen-bond acceptors (Lipinski definition) is 4. The summed E-state index contributed by atoms with van der Waals surface area (Å²) < 4.78 is 0. The van der Waals surface area contributed by atoms with Crippen molar-refractivity contribution in [2.45, 2.75) is 39.0 Å². The molecule has 2 rings (SSSR count). The van der Waals surface area contributed by atoms with Gasteiger partial charge in [0.05, 0.1) is 0 Å². The highest BCUT2D eigenvalue weighted by atomic mass is 32.2.